The molecule has 0 unspecified atom stereocenters. The molecular weight excluding hydrogens is 400 g/mol. The topological polar surface area (TPSA) is 99.0 Å². The van der Waals surface area contributed by atoms with Gasteiger partial charge in [-0.1, -0.05) is 70.4 Å². The summed E-state index contributed by atoms with van der Waals surface area (Å²) in [7, 11) is 2.77. The van der Waals surface area contributed by atoms with E-state index in [-0.39, 0.29) is 18.0 Å². The second-order valence-corrected chi connectivity index (χ2v) is 7.04. The van der Waals surface area contributed by atoms with Crippen molar-refractivity contribution in [2.24, 2.45) is 0 Å². The van der Waals surface area contributed by atoms with Gasteiger partial charge in [-0.05, 0) is 24.8 Å². The number of nitroso groups, excluding NO2 is 1. The van der Waals surface area contributed by atoms with E-state index < -0.39 is 12.0 Å². The zero-order valence-corrected chi connectivity index (χ0v) is 19.2. The van der Waals surface area contributed by atoms with Gasteiger partial charge in [0, 0.05) is 37.2 Å². The predicted octanol–water partition coefficient (Wildman–Crippen LogP) is 3.06. The van der Waals surface area contributed by atoms with Gasteiger partial charge in [-0.3, -0.25) is 14.3 Å². The molecule has 0 N–H and O–H groups in total. The quantitative estimate of drug-likeness (QED) is 0.243. The van der Waals surface area contributed by atoms with Crippen molar-refractivity contribution in [2.45, 2.75) is 65.3 Å². The van der Waals surface area contributed by atoms with Crippen LogP contribution in [0.4, 0.5) is 0 Å². The molecule has 1 amide bonds. The monoisotopic (exact) mass is 434 g/mol. The number of amides is 1. The lowest BCUT2D eigenvalue weighted by atomic mass is 10.0. The smallest absolute Gasteiger partial charge is 0.535 e. The number of benzene rings is 1. The third kappa shape index (κ3) is 6.21. The van der Waals surface area contributed by atoms with Gasteiger partial charge in [-0.2, -0.15) is 0 Å². The molecule has 0 aromatic heterocycles. The zero-order chi connectivity index (χ0) is 23.4. The van der Waals surface area contributed by atoms with Crippen molar-refractivity contribution in [3.05, 3.63) is 46.5 Å². The summed E-state index contributed by atoms with van der Waals surface area (Å²) < 4.78 is 11.4. The van der Waals surface area contributed by atoms with Crippen molar-refractivity contribution in [1.29, 1.82) is 0 Å². The van der Waals surface area contributed by atoms with Crippen LogP contribution in [0.1, 0.15) is 64.9 Å². The van der Waals surface area contributed by atoms with E-state index in [1.807, 2.05) is 37.3 Å². The Kier molecular flexibility index (Phi) is 11.1. The fourth-order valence-corrected chi connectivity index (χ4v) is 3.40. The molecule has 0 aliphatic carbocycles. The predicted molar refractivity (Wildman–Crippen MR) is 115 cm³/mol. The number of hydrogen-bond acceptors (Lipinski definition) is 6. The van der Waals surface area contributed by atoms with Crippen LogP contribution in [0.3, 0.4) is 0 Å². The summed E-state index contributed by atoms with van der Waals surface area (Å²) in [6.07, 6.45) is 4.63. The Labute approximate surface area is 184 Å². The number of nitrogens with zero attached hydrogens (tertiary/aromatic N) is 2. The SMILES string of the molecule is CCC(=O)[O-].CCCCCCN1C(=O)C(=C(CC)c2ccccc2)[N+](=O)C1(OC)OC. The van der Waals surface area contributed by atoms with Gasteiger partial charge in [0.15, 0.2) is 0 Å². The van der Waals surface area contributed by atoms with Crippen LogP contribution in [0.25, 0.3) is 5.57 Å². The summed E-state index contributed by atoms with van der Waals surface area (Å²) in [4.78, 5) is 36.9. The van der Waals surface area contributed by atoms with E-state index in [0.717, 1.165) is 31.2 Å². The summed E-state index contributed by atoms with van der Waals surface area (Å²) in [6, 6.07) is 7.75. The molecular formula is C23H34N2O6. The van der Waals surface area contributed by atoms with Crippen molar-refractivity contribution in [3.8, 4) is 0 Å². The molecule has 0 atom stereocenters. The molecule has 1 aliphatic rings. The number of carboxylic acids is 1. The van der Waals surface area contributed by atoms with E-state index in [0.29, 0.717) is 23.3 Å². The van der Waals surface area contributed by atoms with Crippen molar-refractivity contribution in [1.82, 2.24) is 4.90 Å². The normalized spacial score (nSPS) is 16.7. The van der Waals surface area contributed by atoms with Crippen LogP contribution >= 0.6 is 0 Å². The molecule has 2 rings (SSSR count). The maximum Gasteiger partial charge on any atom is 0.535 e. The molecule has 1 fully saturated rings. The molecule has 8 heteroatoms. The number of carbonyl (C=O) groups is 2. The van der Waals surface area contributed by atoms with Gasteiger partial charge >= 0.3 is 17.6 Å². The fourth-order valence-electron chi connectivity index (χ4n) is 3.40. The van der Waals surface area contributed by atoms with Gasteiger partial charge in [-0.15, -0.1) is 0 Å². The first kappa shape index (κ1) is 26.5. The minimum absolute atomic E-state index is 0.0953. The second-order valence-electron chi connectivity index (χ2n) is 7.04. The summed E-state index contributed by atoms with van der Waals surface area (Å²) in [5.41, 5.74) is 1.64. The Morgan fingerprint density at radius 3 is 2.06 bits per heavy atom. The van der Waals surface area contributed by atoms with Crippen molar-refractivity contribution in [3.63, 3.8) is 0 Å². The average molecular weight is 435 g/mol. The van der Waals surface area contributed by atoms with Gasteiger partial charge in [0.2, 0.25) is 0 Å². The van der Waals surface area contributed by atoms with Crippen molar-refractivity contribution < 1.29 is 28.9 Å². The lowest BCUT2D eigenvalue weighted by Crippen LogP contribution is -2.53. The van der Waals surface area contributed by atoms with Crippen LogP contribution in [0.2, 0.25) is 0 Å². The number of rotatable bonds is 10. The Morgan fingerprint density at radius 1 is 1.03 bits per heavy atom. The molecule has 0 saturated carbocycles. The Balaban J connectivity index is 0.000000861. The second kappa shape index (κ2) is 13.0. The lowest BCUT2D eigenvalue weighted by molar-refractivity contribution is -0.707. The molecule has 0 bridgehead atoms. The van der Waals surface area contributed by atoms with Gasteiger partial charge in [0.1, 0.15) is 4.76 Å². The summed E-state index contributed by atoms with van der Waals surface area (Å²) >= 11 is 0. The van der Waals surface area contributed by atoms with E-state index in [1.54, 1.807) is 0 Å². The van der Waals surface area contributed by atoms with E-state index in [9.17, 15) is 19.6 Å². The fraction of sp³-hybridized carbons (Fsp3) is 0.565. The highest BCUT2D eigenvalue weighted by molar-refractivity contribution is 6.00. The first-order chi connectivity index (χ1) is 14.8. The molecule has 0 spiro atoms. The molecule has 1 aliphatic heterocycles. The number of unbranched alkanes of at least 4 members (excludes halogenated alkanes) is 3. The minimum Gasteiger partial charge on any atom is -0.550 e. The maximum atomic E-state index is 13.2. The van der Waals surface area contributed by atoms with Gasteiger partial charge in [-0.25, -0.2) is 4.90 Å². The molecule has 1 aromatic rings. The largest absolute Gasteiger partial charge is 0.550 e. The first-order valence-corrected chi connectivity index (χ1v) is 10.7. The number of aliphatic carboxylic acids is 1. The van der Waals surface area contributed by atoms with E-state index in [1.165, 1.54) is 26.0 Å². The highest BCUT2D eigenvalue weighted by Gasteiger charge is 2.68. The Morgan fingerprint density at radius 2 is 1.61 bits per heavy atom. The summed E-state index contributed by atoms with van der Waals surface area (Å²) in [5, 5.41) is 9.26. The minimum atomic E-state index is -1.74. The number of carboxylic acid groups (broad SMARTS) is 1. The van der Waals surface area contributed by atoms with Gasteiger partial charge in [0.05, 0.1) is 0 Å². The first-order valence-electron chi connectivity index (χ1n) is 10.7. The maximum absolute atomic E-state index is 13.2. The van der Waals surface area contributed by atoms with Crippen LogP contribution < -0.4 is 5.11 Å². The summed E-state index contributed by atoms with van der Waals surface area (Å²) in [6.45, 7) is 6.01. The van der Waals surface area contributed by atoms with Crippen LogP contribution in [-0.4, -0.2) is 48.3 Å². The van der Waals surface area contributed by atoms with Crippen molar-refractivity contribution in [2.75, 3.05) is 20.8 Å². The molecule has 1 heterocycles. The number of hydrogen-bond donors (Lipinski definition) is 0. The Bertz CT molecular complexity index is 772. The molecule has 0 radical (unpaired) electrons. The molecule has 1 saturated heterocycles. The van der Waals surface area contributed by atoms with Crippen LogP contribution in [0.5, 0.6) is 0 Å². The number of ether oxygens (including phenoxy) is 2. The molecule has 1 aromatic carbocycles. The highest BCUT2D eigenvalue weighted by Crippen LogP contribution is 2.37. The van der Waals surface area contributed by atoms with Crippen LogP contribution in [0.15, 0.2) is 36.0 Å². The number of carbonyl (C=O) groups excluding carboxylic acids is 2. The van der Waals surface area contributed by atoms with E-state index in [4.69, 9.17) is 9.47 Å². The van der Waals surface area contributed by atoms with Gasteiger partial charge < -0.3 is 9.90 Å². The lowest BCUT2D eigenvalue weighted by Gasteiger charge is -2.24. The standard InChI is InChI=1S/C20H29N2O4.C3H6O2/c1-5-7-8-12-15-21-19(23)18(22(24)20(21,25-3)26-4)17(6-2)16-13-10-9-11-14-16;1-2-3(4)5/h9-11,13-14H,5-8,12,15H2,1-4H3;2H2,1H3,(H,4,5)/q+1;/p-1. The summed E-state index contributed by atoms with van der Waals surface area (Å²) in [5.74, 6) is -1.34. The van der Waals surface area contributed by atoms with E-state index in [2.05, 4.69) is 6.92 Å². The van der Waals surface area contributed by atoms with Crippen LogP contribution in [-0.2, 0) is 19.1 Å². The highest BCUT2D eigenvalue weighted by atomic mass is 16.8. The van der Waals surface area contributed by atoms with Gasteiger partial charge in [0.25, 0.3) is 0 Å². The number of allylic oxidation sites excluding steroid dienone is 1. The Hall–Kier alpha value is -2.58. The molecule has 31 heavy (non-hydrogen) atoms. The van der Waals surface area contributed by atoms with Crippen LogP contribution in [0, 0.1) is 4.91 Å². The number of methoxy groups -OCH3 is 2. The van der Waals surface area contributed by atoms with E-state index >= 15 is 0 Å². The van der Waals surface area contributed by atoms with Crippen molar-refractivity contribution >= 4 is 17.4 Å². The average Bonchev–Trinajstić information content (AvgIpc) is 2.99. The third-order valence-electron chi connectivity index (χ3n) is 5.07. The molecule has 8 nitrogen and oxygen atoms in total. The zero-order valence-electron chi connectivity index (χ0n) is 19.2. The third-order valence-corrected chi connectivity index (χ3v) is 5.07. The molecule has 172 valence electrons.